The number of aryl methyl sites for hydroxylation is 1. The molecule has 98 valence electrons. The van der Waals surface area contributed by atoms with Gasteiger partial charge in [0.05, 0.1) is 19.2 Å². The zero-order chi connectivity index (χ0) is 13.4. The van der Waals surface area contributed by atoms with E-state index in [4.69, 9.17) is 17.0 Å². The summed E-state index contributed by atoms with van der Waals surface area (Å²) in [5, 5.41) is 0. The van der Waals surface area contributed by atoms with Gasteiger partial charge in [-0.15, -0.1) is 0 Å². The highest BCUT2D eigenvalue weighted by Gasteiger charge is 2.10. The lowest BCUT2D eigenvalue weighted by atomic mass is 10.3. The molecule has 0 saturated carbocycles. The predicted octanol–water partition coefficient (Wildman–Crippen LogP) is 2.49. The second kappa shape index (κ2) is 4.55. The summed E-state index contributed by atoms with van der Waals surface area (Å²) < 4.78 is 10.0. The van der Waals surface area contributed by atoms with Crippen molar-refractivity contribution in [2.45, 2.75) is 6.54 Å². The van der Waals surface area contributed by atoms with Gasteiger partial charge in [-0.1, -0.05) is 6.07 Å². The van der Waals surface area contributed by atoms with E-state index in [0.29, 0.717) is 11.3 Å². The Labute approximate surface area is 115 Å². The van der Waals surface area contributed by atoms with Crippen LogP contribution in [0.1, 0.15) is 5.82 Å². The second-order valence-corrected chi connectivity index (χ2v) is 4.71. The number of para-hydroxylation sites is 1. The fourth-order valence-corrected chi connectivity index (χ4v) is 2.44. The molecular weight excluding hydrogens is 260 g/mol. The maximum absolute atomic E-state index is 5.39. The molecular formula is C13H14N4OS. The minimum Gasteiger partial charge on any atom is -0.494 e. The number of hydrogen-bond donors (Lipinski definition) is 1. The van der Waals surface area contributed by atoms with Crippen molar-refractivity contribution in [1.82, 2.24) is 19.1 Å². The van der Waals surface area contributed by atoms with Crippen LogP contribution in [-0.4, -0.2) is 26.2 Å². The van der Waals surface area contributed by atoms with E-state index < -0.39 is 0 Å². The Bertz CT molecular complexity index is 783. The Balaban J connectivity index is 2.16. The number of H-pyrrole nitrogens is 1. The number of aromatic nitrogens is 4. The maximum Gasteiger partial charge on any atom is 0.178 e. The van der Waals surface area contributed by atoms with Gasteiger partial charge >= 0.3 is 0 Å². The minimum atomic E-state index is 0.634. The van der Waals surface area contributed by atoms with Crippen LogP contribution in [0.2, 0.25) is 0 Å². The van der Waals surface area contributed by atoms with Crippen molar-refractivity contribution in [1.29, 1.82) is 0 Å². The number of methoxy groups -OCH3 is 1. The quantitative estimate of drug-likeness (QED) is 0.746. The van der Waals surface area contributed by atoms with Gasteiger partial charge in [0.15, 0.2) is 4.77 Å². The van der Waals surface area contributed by atoms with Gasteiger partial charge in [0, 0.05) is 19.4 Å². The van der Waals surface area contributed by atoms with Crippen molar-refractivity contribution in [2.75, 3.05) is 7.11 Å². The predicted molar refractivity (Wildman–Crippen MR) is 76.0 cm³/mol. The maximum atomic E-state index is 5.39. The van der Waals surface area contributed by atoms with Crippen LogP contribution in [0.4, 0.5) is 0 Å². The first-order valence-corrected chi connectivity index (χ1v) is 6.33. The number of nitrogens with zero attached hydrogens (tertiary/aromatic N) is 3. The summed E-state index contributed by atoms with van der Waals surface area (Å²) in [6.07, 6.45) is 3.71. The van der Waals surface area contributed by atoms with Crippen LogP contribution in [0.15, 0.2) is 30.6 Å². The number of hydrogen-bond acceptors (Lipinski definition) is 3. The molecule has 3 rings (SSSR count). The van der Waals surface area contributed by atoms with Gasteiger partial charge < -0.3 is 18.9 Å². The van der Waals surface area contributed by atoms with Crippen molar-refractivity contribution in [2.24, 2.45) is 7.05 Å². The lowest BCUT2D eigenvalue weighted by Gasteiger charge is -2.05. The van der Waals surface area contributed by atoms with E-state index in [1.165, 1.54) is 0 Å². The standard InChI is InChI=1S/C13H14N4OS/c1-16-7-6-14-11(16)8-17-9-4-3-5-10(18-2)12(9)15-13(17)19/h3-7H,8H2,1-2H3,(H,15,19). The molecule has 3 aromatic rings. The Morgan fingerprint density at radius 1 is 1.42 bits per heavy atom. The Morgan fingerprint density at radius 3 is 2.95 bits per heavy atom. The molecule has 6 heteroatoms. The third-order valence-electron chi connectivity index (χ3n) is 3.21. The smallest absolute Gasteiger partial charge is 0.178 e. The van der Waals surface area contributed by atoms with E-state index in [9.17, 15) is 0 Å². The SMILES string of the molecule is COc1cccc2c1[nH]c(=S)n2Cc1nccn1C. The zero-order valence-electron chi connectivity index (χ0n) is 10.8. The van der Waals surface area contributed by atoms with Crippen molar-refractivity contribution in [3.63, 3.8) is 0 Å². The van der Waals surface area contributed by atoms with Crippen LogP contribution in [-0.2, 0) is 13.6 Å². The highest BCUT2D eigenvalue weighted by molar-refractivity contribution is 7.71. The fraction of sp³-hybridized carbons (Fsp3) is 0.231. The van der Waals surface area contributed by atoms with Crippen LogP contribution in [0.25, 0.3) is 11.0 Å². The molecule has 0 aliphatic rings. The van der Waals surface area contributed by atoms with Crippen molar-refractivity contribution in [3.8, 4) is 5.75 Å². The first-order valence-electron chi connectivity index (χ1n) is 5.92. The lowest BCUT2D eigenvalue weighted by Crippen LogP contribution is -2.05. The number of rotatable bonds is 3. The summed E-state index contributed by atoms with van der Waals surface area (Å²) in [7, 11) is 3.63. The normalized spacial score (nSPS) is 11.1. The summed E-state index contributed by atoms with van der Waals surface area (Å²) >= 11 is 5.39. The number of ether oxygens (including phenoxy) is 1. The molecule has 0 fully saturated rings. The molecule has 1 N–H and O–H groups in total. The van der Waals surface area contributed by atoms with Crippen LogP contribution in [0, 0.1) is 4.77 Å². The largest absolute Gasteiger partial charge is 0.494 e. The zero-order valence-corrected chi connectivity index (χ0v) is 11.6. The van der Waals surface area contributed by atoms with Crippen molar-refractivity contribution in [3.05, 3.63) is 41.2 Å². The summed E-state index contributed by atoms with van der Waals surface area (Å²) in [5.41, 5.74) is 1.94. The third-order valence-corrected chi connectivity index (χ3v) is 3.53. The summed E-state index contributed by atoms with van der Waals surface area (Å²) in [6.45, 7) is 0.634. The van der Waals surface area contributed by atoms with E-state index in [-0.39, 0.29) is 0 Å². The number of imidazole rings is 2. The van der Waals surface area contributed by atoms with Crippen molar-refractivity contribution >= 4 is 23.3 Å². The topological polar surface area (TPSA) is 47.8 Å². The molecule has 0 spiro atoms. The Morgan fingerprint density at radius 2 is 2.26 bits per heavy atom. The number of fused-ring (bicyclic) bond motifs is 1. The molecule has 0 saturated heterocycles. The molecule has 5 nitrogen and oxygen atoms in total. The molecule has 0 unspecified atom stereocenters. The average Bonchev–Trinajstić information content (AvgIpc) is 2.95. The van der Waals surface area contributed by atoms with E-state index >= 15 is 0 Å². The van der Waals surface area contributed by atoms with Gasteiger partial charge in [-0.2, -0.15) is 0 Å². The Kier molecular flexibility index (Phi) is 2.87. The van der Waals surface area contributed by atoms with Gasteiger partial charge in [0.1, 0.15) is 17.1 Å². The molecule has 0 atom stereocenters. The monoisotopic (exact) mass is 274 g/mol. The number of benzene rings is 1. The molecule has 0 amide bonds. The average molecular weight is 274 g/mol. The summed E-state index contributed by atoms with van der Waals surface area (Å²) in [6, 6.07) is 5.89. The Hall–Kier alpha value is -2.08. The van der Waals surface area contributed by atoms with Crippen LogP contribution < -0.4 is 4.74 Å². The molecule has 19 heavy (non-hydrogen) atoms. The molecule has 0 aliphatic heterocycles. The van der Waals surface area contributed by atoms with Gasteiger partial charge in [0.25, 0.3) is 0 Å². The summed E-state index contributed by atoms with van der Waals surface area (Å²) in [4.78, 5) is 7.53. The lowest BCUT2D eigenvalue weighted by molar-refractivity contribution is 0.419. The number of nitrogens with one attached hydrogen (secondary N) is 1. The van der Waals surface area contributed by atoms with Crippen LogP contribution in [0.5, 0.6) is 5.75 Å². The minimum absolute atomic E-state index is 0.634. The first kappa shape index (κ1) is 12.0. The van der Waals surface area contributed by atoms with Gasteiger partial charge in [-0.25, -0.2) is 4.98 Å². The van der Waals surface area contributed by atoms with Gasteiger partial charge in [0.2, 0.25) is 0 Å². The van der Waals surface area contributed by atoms with E-state index in [1.54, 1.807) is 13.3 Å². The highest BCUT2D eigenvalue weighted by Crippen LogP contribution is 2.24. The van der Waals surface area contributed by atoms with Gasteiger partial charge in [-0.05, 0) is 24.4 Å². The van der Waals surface area contributed by atoms with Crippen LogP contribution >= 0.6 is 12.2 Å². The van der Waals surface area contributed by atoms with E-state index in [0.717, 1.165) is 22.6 Å². The molecule has 0 aliphatic carbocycles. The van der Waals surface area contributed by atoms with Crippen molar-refractivity contribution < 1.29 is 4.74 Å². The molecule has 0 radical (unpaired) electrons. The highest BCUT2D eigenvalue weighted by atomic mass is 32.1. The number of aromatic amines is 1. The molecule has 2 heterocycles. The van der Waals surface area contributed by atoms with Gasteiger partial charge in [-0.3, -0.25) is 0 Å². The fourth-order valence-electron chi connectivity index (χ4n) is 2.17. The molecule has 0 bridgehead atoms. The van der Waals surface area contributed by atoms with E-state index in [1.807, 2.05) is 40.6 Å². The molecule has 2 aromatic heterocycles. The summed E-state index contributed by atoms with van der Waals surface area (Å²) in [5.74, 6) is 1.75. The van der Waals surface area contributed by atoms with Crippen LogP contribution in [0.3, 0.4) is 0 Å². The van der Waals surface area contributed by atoms with E-state index in [2.05, 4.69) is 9.97 Å². The molecule has 1 aromatic carbocycles. The first-order chi connectivity index (χ1) is 9.20. The third kappa shape index (κ3) is 1.94. The second-order valence-electron chi connectivity index (χ2n) is 4.33.